The van der Waals surface area contributed by atoms with Crippen molar-refractivity contribution in [3.05, 3.63) is 24.2 Å². The van der Waals surface area contributed by atoms with Gasteiger partial charge in [-0.3, -0.25) is 4.79 Å². The number of aliphatic hydroxyl groups excluding tert-OH is 1. The first-order valence-electron chi connectivity index (χ1n) is 3.63. The normalized spacial score (nSPS) is 12.8. The molecule has 66 valence electrons. The molecule has 0 bridgehead atoms. The number of carbonyl (C=O) groups is 1. The number of furan rings is 1. The molecule has 0 aliphatic rings. The van der Waals surface area contributed by atoms with Crippen molar-refractivity contribution in [1.29, 1.82) is 0 Å². The summed E-state index contributed by atoms with van der Waals surface area (Å²) in [5.41, 5.74) is 0. The molecule has 1 atom stereocenters. The SMILES string of the molecule is O=C(O)CCC(O)c1ccco1. The van der Waals surface area contributed by atoms with Crippen LogP contribution in [0.25, 0.3) is 0 Å². The van der Waals surface area contributed by atoms with E-state index in [1.54, 1.807) is 12.1 Å². The molecule has 4 heteroatoms. The molecule has 4 nitrogen and oxygen atoms in total. The number of aliphatic hydroxyl groups is 1. The summed E-state index contributed by atoms with van der Waals surface area (Å²) < 4.78 is 4.88. The molecule has 0 fully saturated rings. The third-order valence-corrected chi connectivity index (χ3v) is 1.50. The van der Waals surface area contributed by atoms with Gasteiger partial charge in [-0.2, -0.15) is 0 Å². The Morgan fingerprint density at radius 1 is 1.67 bits per heavy atom. The van der Waals surface area contributed by atoms with Crippen molar-refractivity contribution in [2.24, 2.45) is 0 Å². The highest BCUT2D eigenvalue weighted by atomic mass is 16.4. The number of rotatable bonds is 4. The maximum Gasteiger partial charge on any atom is 0.303 e. The van der Waals surface area contributed by atoms with E-state index in [-0.39, 0.29) is 12.8 Å². The lowest BCUT2D eigenvalue weighted by atomic mass is 10.1. The molecule has 0 amide bonds. The van der Waals surface area contributed by atoms with E-state index in [1.807, 2.05) is 0 Å². The zero-order chi connectivity index (χ0) is 8.97. The van der Waals surface area contributed by atoms with Crippen LogP contribution in [-0.4, -0.2) is 16.2 Å². The molecule has 0 saturated carbocycles. The van der Waals surface area contributed by atoms with Crippen LogP contribution in [0.4, 0.5) is 0 Å². The molecule has 1 heterocycles. The highest BCUT2D eigenvalue weighted by Crippen LogP contribution is 2.17. The third-order valence-electron chi connectivity index (χ3n) is 1.50. The molecule has 1 unspecified atom stereocenters. The lowest BCUT2D eigenvalue weighted by Crippen LogP contribution is -2.01. The molecule has 0 aliphatic carbocycles. The Labute approximate surface area is 69.4 Å². The van der Waals surface area contributed by atoms with Crippen molar-refractivity contribution < 1.29 is 19.4 Å². The first kappa shape index (κ1) is 8.80. The summed E-state index contributed by atoms with van der Waals surface area (Å²) in [6.45, 7) is 0. The second-order valence-corrected chi connectivity index (χ2v) is 2.46. The Morgan fingerprint density at radius 3 is 2.92 bits per heavy atom. The van der Waals surface area contributed by atoms with Gasteiger partial charge in [0.15, 0.2) is 0 Å². The monoisotopic (exact) mass is 170 g/mol. The summed E-state index contributed by atoms with van der Waals surface area (Å²) in [5.74, 6) is -0.503. The smallest absolute Gasteiger partial charge is 0.303 e. The van der Waals surface area contributed by atoms with E-state index in [1.165, 1.54) is 6.26 Å². The van der Waals surface area contributed by atoms with Gasteiger partial charge in [0.2, 0.25) is 0 Å². The van der Waals surface area contributed by atoms with Crippen LogP contribution in [0.2, 0.25) is 0 Å². The van der Waals surface area contributed by atoms with Crippen LogP contribution in [0.3, 0.4) is 0 Å². The first-order chi connectivity index (χ1) is 5.70. The molecule has 0 aromatic carbocycles. The highest BCUT2D eigenvalue weighted by Gasteiger charge is 2.11. The minimum atomic E-state index is -0.916. The summed E-state index contributed by atoms with van der Waals surface area (Å²) in [4.78, 5) is 10.1. The largest absolute Gasteiger partial charge is 0.481 e. The molecule has 0 spiro atoms. The van der Waals surface area contributed by atoms with E-state index in [2.05, 4.69) is 0 Å². The molecular formula is C8H10O4. The number of hydrogen-bond acceptors (Lipinski definition) is 3. The van der Waals surface area contributed by atoms with Gasteiger partial charge in [-0.05, 0) is 18.6 Å². The molecule has 0 aliphatic heterocycles. The first-order valence-corrected chi connectivity index (χ1v) is 3.63. The quantitative estimate of drug-likeness (QED) is 0.711. The zero-order valence-electron chi connectivity index (χ0n) is 6.43. The van der Waals surface area contributed by atoms with Crippen molar-refractivity contribution in [3.63, 3.8) is 0 Å². The van der Waals surface area contributed by atoms with Crippen molar-refractivity contribution in [2.45, 2.75) is 18.9 Å². The molecular weight excluding hydrogens is 160 g/mol. The van der Waals surface area contributed by atoms with Gasteiger partial charge < -0.3 is 14.6 Å². The fourth-order valence-corrected chi connectivity index (χ4v) is 0.883. The Morgan fingerprint density at radius 2 is 2.42 bits per heavy atom. The highest BCUT2D eigenvalue weighted by molar-refractivity contribution is 5.66. The van der Waals surface area contributed by atoms with E-state index in [9.17, 15) is 9.90 Å². The average Bonchev–Trinajstić information content (AvgIpc) is 2.51. The van der Waals surface area contributed by atoms with Crippen LogP contribution in [0.5, 0.6) is 0 Å². The summed E-state index contributed by atoms with van der Waals surface area (Å²) in [6, 6.07) is 3.27. The topological polar surface area (TPSA) is 70.7 Å². The Kier molecular flexibility index (Phi) is 2.88. The molecule has 1 rings (SSSR count). The van der Waals surface area contributed by atoms with Crippen LogP contribution < -0.4 is 0 Å². The summed E-state index contributed by atoms with van der Waals surface area (Å²) in [5, 5.41) is 17.6. The van der Waals surface area contributed by atoms with Gasteiger partial charge in [-0.15, -0.1) is 0 Å². The molecule has 0 saturated heterocycles. The maximum atomic E-state index is 10.1. The minimum Gasteiger partial charge on any atom is -0.481 e. The van der Waals surface area contributed by atoms with Crippen LogP contribution in [-0.2, 0) is 4.79 Å². The second kappa shape index (κ2) is 3.92. The predicted octanol–water partition coefficient (Wildman–Crippen LogP) is 1.18. The fraction of sp³-hybridized carbons (Fsp3) is 0.375. The number of hydrogen-bond donors (Lipinski definition) is 2. The molecule has 12 heavy (non-hydrogen) atoms. The van der Waals surface area contributed by atoms with E-state index < -0.39 is 12.1 Å². The van der Waals surface area contributed by atoms with Gasteiger partial charge in [-0.25, -0.2) is 0 Å². The molecule has 0 radical (unpaired) electrons. The third kappa shape index (κ3) is 2.39. The molecule has 1 aromatic heterocycles. The number of carboxylic acids is 1. The van der Waals surface area contributed by atoms with Gasteiger partial charge in [0.25, 0.3) is 0 Å². The van der Waals surface area contributed by atoms with Gasteiger partial charge in [0, 0.05) is 6.42 Å². The lowest BCUT2D eigenvalue weighted by molar-refractivity contribution is -0.137. The van der Waals surface area contributed by atoms with E-state index >= 15 is 0 Å². The molecule has 1 aromatic rings. The van der Waals surface area contributed by atoms with Crippen LogP contribution in [0.15, 0.2) is 22.8 Å². The Balaban J connectivity index is 2.39. The van der Waals surface area contributed by atoms with Gasteiger partial charge in [0.05, 0.1) is 6.26 Å². The van der Waals surface area contributed by atoms with E-state index in [4.69, 9.17) is 9.52 Å². The van der Waals surface area contributed by atoms with E-state index in [0.717, 1.165) is 0 Å². The zero-order valence-corrected chi connectivity index (χ0v) is 6.43. The maximum absolute atomic E-state index is 10.1. The minimum absolute atomic E-state index is 0.0537. The number of aliphatic carboxylic acids is 1. The summed E-state index contributed by atoms with van der Waals surface area (Å²) >= 11 is 0. The van der Waals surface area contributed by atoms with Crippen LogP contribution in [0.1, 0.15) is 24.7 Å². The molecule has 2 N–H and O–H groups in total. The van der Waals surface area contributed by atoms with Crippen LogP contribution >= 0.6 is 0 Å². The van der Waals surface area contributed by atoms with Crippen molar-refractivity contribution in [1.82, 2.24) is 0 Å². The summed E-state index contributed by atoms with van der Waals surface area (Å²) in [7, 11) is 0. The Hall–Kier alpha value is -1.29. The van der Waals surface area contributed by atoms with Gasteiger partial charge >= 0.3 is 5.97 Å². The van der Waals surface area contributed by atoms with Gasteiger partial charge in [-0.1, -0.05) is 0 Å². The standard InChI is InChI=1S/C8H10O4/c9-6(3-4-8(10)11)7-2-1-5-12-7/h1-2,5-6,9H,3-4H2,(H,10,11). The summed E-state index contributed by atoms with van der Waals surface area (Å²) in [6.07, 6.45) is 0.764. The van der Waals surface area contributed by atoms with E-state index in [0.29, 0.717) is 5.76 Å². The van der Waals surface area contributed by atoms with Crippen molar-refractivity contribution >= 4 is 5.97 Å². The predicted molar refractivity (Wildman–Crippen MR) is 40.5 cm³/mol. The average molecular weight is 170 g/mol. The van der Waals surface area contributed by atoms with Crippen molar-refractivity contribution in [2.75, 3.05) is 0 Å². The Bertz CT molecular complexity index is 240. The fourth-order valence-electron chi connectivity index (χ4n) is 0.883. The lowest BCUT2D eigenvalue weighted by Gasteiger charge is -2.03. The number of carboxylic acid groups (broad SMARTS) is 1. The van der Waals surface area contributed by atoms with Crippen molar-refractivity contribution in [3.8, 4) is 0 Å². The second-order valence-electron chi connectivity index (χ2n) is 2.46. The van der Waals surface area contributed by atoms with Crippen LogP contribution in [0, 0.1) is 0 Å². The van der Waals surface area contributed by atoms with Gasteiger partial charge in [0.1, 0.15) is 11.9 Å².